The van der Waals surface area contributed by atoms with Crippen LogP contribution in [-0.4, -0.2) is 44.3 Å². The van der Waals surface area contributed by atoms with Crippen molar-refractivity contribution in [2.75, 3.05) is 17.4 Å². The molecule has 0 aliphatic rings. The number of anilines is 1. The van der Waals surface area contributed by atoms with E-state index in [0.717, 1.165) is 9.87 Å². The van der Waals surface area contributed by atoms with Gasteiger partial charge in [0.05, 0.1) is 20.6 Å². The van der Waals surface area contributed by atoms with Crippen LogP contribution in [0.2, 0.25) is 15.1 Å². The number of carbonyl (C=O) groups is 2. The zero-order valence-electron chi connectivity index (χ0n) is 24.0. The molecule has 2 amide bonds. The van der Waals surface area contributed by atoms with Gasteiger partial charge in [-0.1, -0.05) is 108 Å². The molecule has 0 radical (unpaired) electrons. The molecular formula is C33H32Cl3N3O4S. The molecule has 0 heterocycles. The van der Waals surface area contributed by atoms with Crippen LogP contribution in [0.1, 0.15) is 24.5 Å². The maximum absolute atomic E-state index is 14.4. The molecule has 1 atom stereocenters. The van der Waals surface area contributed by atoms with Gasteiger partial charge in [0.25, 0.3) is 10.0 Å². The summed E-state index contributed by atoms with van der Waals surface area (Å²) in [5, 5.41) is 3.48. The third kappa shape index (κ3) is 8.33. The second-order valence-electron chi connectivity index (χ2n) is 10.0. The minimum absolute atomic E-state index is 0.00105. The lowest BCUT2D eigenvalue weighted by atomic mass is 10.0. The summed E-state index contributed by atoms with van der Waals surface area (Å²) in [5.74, 6) is -0.975. The fraction of sp³-hybridized carbons (Fsp3) is 0.212. The van der Waals surface area contributed by atoms with E-state index in [0.29, 0.717) is 23.6 Å². The summed E-state index contributed by atoms with van der Waals surface area (Å²) in [6, 6.07) is 27.6. The zero-order chi connectivity index (χ0) is 31.7. The molecule has 0 saturated heterocycles. The SMILES string of the molecule is CCCNC(=O)C(Cc1ccccc1)N(Cc1cccc(Cl)c1)C(=O)CN(c1cccc(Cl)c1Cl)S(=O)(=O)c1ccccc1. The van der Waals surface area contributed by atoms with E-state index in [-0.39, 0.29) is 39.5 Å². The average Bonchev–Trinajstić information content (AvgIpc) is 3.02. The molecule has 44 heavy (non-hydrogen) atoms. The van der Waals surface area contributed by atoms with E-state index in [9.17, 15) is 18.0 Å². The molecule has 4 aromatic carbocycles. The van der Waals surface area contributed by atoms with E-state index in [4.69, 9.17) is 34.8 Å². The molecule has 230 valence electrons. The number of hydrogen-bond donors (Lipinski definition) is 1. The predicted octanol–water partition coefficient (Wildman–Crippen LogP) is 7.01. The lowest BCUT2D eigenvalue weighted by Gasteiger charge is -2.34. The van der Waals surface area contributed by atoms with Gasteiger partial charge in [0.1, 0.15) is 12.6 Å². The normalized spacial score (nSPS) is 11.9. The number of benzene rings is 4. The van der Waals surface area contributed by atoms with Gasteiger partial charge in [-0.3, -0.25) is 13.9 Å². The minimum atomic E-state index is -4.30. The Morgan fingerprint density at radius 1 is 0.818 bits per heavy atom. The highest BCUT2D eigenvalue weighted by Gasteiger charge is 2.35. The van der Waals surface area contributed by atoms with Gasteiger partial charge in [-0.25, -0.2) is 8.42 Å². The van der Waals surface area contributed by atoms with E-state index in [1.807, 2.05) is 37.3 Å². The average molecular weight is 673 g/mol. The molecule has 0 fully saturated rings. The number of nitrogens with one attached hydrogen (secondary N) is 1. The monoisotopic (exact) mass is 671 g/mol. The molecule has 4 rings (SSSR count). The van der Waals surface area contributed by atoms with E-state index < -0.39 is 28.5 Å². The second kappa shape index (κ2) is 15.4. The maximum atomic E-state index is 14.4. The van der Waals surface area contributed by atoms with Crippen LogP contribution in [0.15, 0.2) is 108 Å². The molecule has 7 nitrogen and oxygen atoms in total. The van der Waals surface area contributed by atoms with Crippen LogP contribution in [0.25, 0.3) is 0 Å². The summed E-state index contributed by atoms with van der Waals surface area (Å²) in [5.41, 5.74) is 1.54. The van der Waals surface area contributed by atoms with Crippen LogP contribution in [-0.2, 0) is 32.6 Å². The van der Waals surface area contributed by atoms with Gasteiger partial charge < -0.3 is 10.2 Å². The molecule has 0 bridgehead atoms. The number of carbonyl (C=O) groups excluding carboxylic acids is 2. The van der Waals surface area contributed by atoms with Crippen molar-refractivity contribution < 1.29 is 18.0 Å². The Morgan fingerprint density at radius 3 is 2.11 bits per heavy atom. The van der Waals surface area contributed by atoms with Gasteiger partial charge in [-0.15, -0.1) is 0 Å². The van der Waals surface area contributed by atoms with Crippen molar-refractivity contribution in [2.24, 2.45) is 0 Å². The summed E-state index contributed by atoms with van der Waals surface area (Å²) in [4.78, 5) is 29.5. The van der Waals surface area contributed by atoms with Gasteiger partial charge >= 0.3 is 0 Å². The highest BCUT2D eigenvalue weighted by molar-refractivity contribution is 7.92. The summed E-state index contributed by atoms with van der Waals surface area (Å²) >= 11 is 19.1. The van der Waals surface area contributed by atoms with Crippen LogP contribution in [0.3, 0.4) is 0 Å². The van der Waals surface area contributed by atoms with Gasteiger partial charge in [0.2, 0.25) is 11.8 Å². The first-order valence-corrected chi connectivity index (χ1v) is 16.6. The number of hydrogen-bond acceptors (Lipinski definition) is 4. The second-order valence-corrected chi connectivity index (χ2v) is 13.1. The van der Waals surface area contributed by atoms with Gasteiger partial charge in [-0.05, 0) is 53.9 Å². The fourth-order valence-electron chi connectivity index (χ4n) is 4.67. The van der Waals surface area contributed by atoms with E-state index >= 15 is 0 Å². The van der Waals surface area contributed by atoms with Crippen molar-refractivity contribution in [1.82, 2.24) is 10.2 Å². The molecule has 0 spiro atoms. The molecule has 1 unspecified atom stereocenters. The van der Waals surface area contributed by atoms with Crippen molar-refractivity contribution in [1.29, 1.82) is 0 Å². The molecule has 11 heteroatoms. The third-order valence-corrected chi connectivity index (χ3v) is 9.69. The largest absolute Gasteiger partial charge is 0.354 e. The van der Waals surface area contributed by atoms with Crippen molar-refractivity contribution >= 4 is 62.3 Å². The highest BCUT2D eigenvalue weighted by Crippen LogP contribution is 2.35. The first-order chi connectivity index (χ1) is 21.1. The molecule has 1 N–H and O–H groups in total. The first kappa shape index (κ1) is 33.3. The number of halogens is 3. The van der Waals surface area contributed by atoms with Gasteiger partial charge in [0.15, 0.2) is 0 Å². The first-order valence-electron chi connectivity index (χ1n) is 14.0. The smallest absolute Gasteiger partial charge is 0.264 e. The Balaban J connectivity index is 1.82. The van der Waals surface area contributed by atoms with E-state index in [1.165, 1.54) is 29.2 Å². The van der Waals surface area contributed by atoms with Crippen LogP contribution < -0.4 is 9.62 Å². The highest BCUT2D eigenvalue weighted by atomic mass is 35.5. The molecule has 0 aromatic heterocycles. The van der Waals surface area contributed by atoms with Gasteiger partial charge in [0, 0.05) is 24.5 Å². The Hall–Kier alpha value is -3.56. The lowest BCUT2D eigenvalue weighted by Crippen LogP contribution is -2.53. The molecular weight excluding hydrogens is 641 g/mol. The molecule has 0 aliphatic carbocycles. The minimum Gasteiger partial charge on any atom is -0.354 e. The van der Waals surface area contributed by atoms with E-state index in [2.05, 4.69) is 5.32 Å². The Bertz CT molecular complexity index is 1690. The standard InChI is InChI=1S/C33H32Cl3N3O4S/c1-2-19-37-33(41)30(21-24-11-5-3-6-12-24)38(22-25-13-9-14-26(34)20-25)31(40)23-39(29-18-10-17-28(35)32(29)36)44(42,43)27-15-7-4-8-16-27/h3-18,20,30H,2,19,21-23H2,1H3,(H,37,41). The number of nitrogens with zero attached hydrogens (tertiary/aromatic N) is 2. The fourth-order valence-corrected chi connectivity index (χ4v) is 6.78. The number of rotatable bonds is 13. The van der Waals surface area contributed by atoms with Gasteiger partial charge in [-0.2, -0.15) is 0 Å². The molecule has 4 aromatic rings. The Labute approximate surface area is 273 Å². The topological polar surface area (TPSA) is 86.8 Å². The molecule has 0 saturated carbocycles. The van der Waals surface area contributed by atoms with Crippen LogP contribution in [0.5, 0.6) is 0 Å². The van der Waals surface area contributed by atoms with Crippen molar-refractivity contribution in [3.05, 3.63) is 129 Å². The van der Waals surface area contributed by atoms with E-state index in [1.54, 1.807) is 48.5 Å². The summed E-state index contributed by atoms with van der Waals surface area (Å²) in [6.45, 7) is 1.70. The van der Waals surface area contributed by atoms with Crippen molar-refractivity contribution in [3.8, 4) is 0 Å². The van der Waals surface area contributed by atoms with Crippen LogP contribution in [0.4, 0.5) is 5.69 Å². The maximum Gasteiger partial charge on any atom is 0.264 e. The zero-order valence-corrected chi connectivity index (χ0v) is 27.1. The Morgan fingerprint density at radius 2 is 1.45 bits per heavy atom. The lowest BCUT2D eigenvalue weighted by molar-refractivity contribution is -0.140. The predicted molar refractivity (Wildman–Crippen MR) is 177 cm³/mol. The van der Waals surface area contributed by atoms with Crippen molar-refractivity contribution in [3.63, 3.8) is 0 Å². The quantitative estimate of drug-likeness (QED) is 0.166. The summed E-state index contributed by atoms with van der Waals surface area (Å²) in [6.07, 6.45) is 0.897. The third-order valence-electron chi connectivity index (χ3n) is 6.87. The summed E-state index contributed by atoms with van der Waals surface area (Å²) < 4.78 is 29.0. The Kier molecular flexibility index (Phi) is 11.7. The van der Waals surface area contributed by atoms with Crippen molar-refractivity contribution in [2.45, 2.75) is 37.2 Å². The number of amides is 2. The van der Waals surface area contributed by atoms with Crippen LogP contribution >= 0.6 is 34.8 Å². The van der Waals surface area contributed by atoms with Crippen LogP contribution in [0, 0.1) is 0 Å². The molecule has 0 aliphatic heterocycles. The number of sulfonamides is 1. The summed E-state index contributed by atoms with van der Waals surface area (Å²) in [7, 11) is -4.30.